The van der Waals surface area contributed by atoms with E-state index in [0.717, 1.165) is 16.9 Å². The van der Waals surface area contributed by atoms with Gasteiger partial charge in [0.15, 0.2) is 0 Å². The van der Waals surface area contributed by atoms with Gasteiger partial charge in [0.1, 0.15) is 9.09 Å². The zero-order valence-electron chi connectivity index (χ0n) is 10.8. The summed E-state index contributed by atoms with van der Waals surface area (Å²) in [6.45, 7) is 1.68. The van der Waals surface area contributed by atoms with E-state index in [-0.39, 0.29) is 15.6 Å². The molecule has 2 aromatic rings. The number of sulfonamides is 1. The number of rotatable bonds is 5. The van der Waals surface area contributed by atoms with Crippen LogP contribution in [0.3, 0.4) is 0 Å². The molecule has 2 heterocycles. The summed E-state index contributed by atoms with van der Waals surface area (Å²) in [5.74, 6) is -1.12. The van der Waals surface area contributed by atoms with E-state index in [1.807, 2.05) is 0 Å². The van der Waals surface area contributed by atoms with Crippen molar-refractivity contribution in [3.63, 3.8) is 0 Å². The van der Waals surface area contributed by atoms with Crippen LogP contribution in [0.5, 0.6) is 0 Å². The molecule has 2 N–H and O–H groups in total. The minimum atomic E-state index is -3.72. The lowest BCUT2D eigenvalue weighted by Crippen LogP contribution is -2.22. The third-order valence-corrected chi connectivity index (χ3v) is 5.68. The fourth-order valence-electron chi connectivity index (χ4n) is 1.61. The molecule has 0 aliphatic heterocycles. The van der Waals surface area contributed by atoms with Crippen molar-refractivity contribution < 1.29 is 18.3 Å². The number of aryl methyl sites for hydroxylation is 2. The van der Waals surface area contributed by atoms with E-state index in [0.29, 0.717) is 5.56 Å². The first kappa shape index (κ1) is 14.7. The Bertz CT molecular complexity index is 746. The van der Waals surface area contributed by atoms with E-state index in [2.05, 4.69) is 9.82 Å². The Hall–Kier alpha value is -1.71. The van der Waals surface area contributed by atoms with Crippen LogP contribution in [0.4, 0.5) is 0 Å². The van der Waals surface area contributed by atoms with Gasteiger partial charge in [-0.1, -0.05) is 0 Å². The molecular weight excluding hydrogens is 302 g/mol. The number of nitrogens with zero attached hydrogens (tertiary/aromatic N) is 2. The second-order valence-electron chi connectivity index (χ2n) is 4.23. The van der Waals surface area contributed by atoms with Crippen LogP contribution < -0.4 is 4.72 Å². The summed E-state index contributed by atoms with van der Waals surface area (Å²) in [6, 6.07) is 1.36. The fourth-order valence-corrected chi connectivity index (χ4v) is 4.05. The predicted molar refractivity (Wildman–Crippen MR) is 73.2 cm³/mol. The van der Waals surface area contributed by atoms with Crippen molar-refractivity contribution in [3.05, 3.63) is 34.5 Å². The maximum absolute atomic E-state index is 12.1. The van der Waals surface area contributed by atoms with Crippen LogP contribution in [0.2, 0.25) is 0 Å². The number of hydrogen-bond donors (Lipinski definition) is 2. The van der Waals surface area contributed by atoms with Crippen LogP contribution in [0, 0.1) is 6.92 Å². The largest absolute Gasteiger partial charge is 0.477 e. The number of nitrogens with one attached hydrogen (secondary N) is 1. The number of carbonyl (C=O) groups is 1. The van der Waals surface area contributed by atoms with E-state index in [1.54, 1.807) is 31.0 Å². The highest BCUT2D eigenvalue weighted by Crippen LogP contribution is 2.25. The van der Waals surface area contributed by atoms with Crippen molar-refractivity contribution in [2.24, 2.45) is 7.05 Å². The topological polar surface area (TPSA) is 101 Å². The van der Waals surface area contributed by atoms with E-state index in [1.165, 1.54) is 6.07 Å². The average Bonchev–Trinajstić information content (AvgIpc) is 2.93. The highest BCUT2D eigenvalue weighted by Gasteiger charge is 2.21. The molecule has 0 aromatic carbocycles. The molecule has 0 saturated carbocycles. The molecule has 0 unspecified atom stereocenters. The summed E-state index contributed by atoms with van der Waals surface area (Å²) in [5, 5.41) is 12.9. The van der Waals surface area contributed by atoms with E-state index < -0.39 is 16.0 Å². The minimum Gasteiger partial charge on any atom is -0.477 e. The highest BCUT2D eigenvalue weighted by molar-refractivity contribution is 7.91. The van der Waals surface area contributed by atoms with Gasteiger partial charge in [0.05, 0.1) is 6.20 Å². The molecule has 0 aliphatic rings. The maximum atomic E-state index is 12.1. The zero-order chi connectivity index (χ0) is 14.9. The Labute approximate surface area is 119 Å². The van der Waals surface area contributed by atoms with Crippen molar-refractivity contribution in [3.8, 4) is 0 Å². The van der Waals surface area contributed by atoms with Crippen molar-refractivity contribution in [1.29, 1.82) is 0 Å². The molecule has 9 heteroatoms. The number of carboxylic acids is 1. The van der Waals surface area contributed by atoms with Crippen LogP contribution >= 0.6 is 11.3 Å². The first-order valence-corrected chi connectivity index (χ1v) is 7.90. The zero-order valence-corrected chi connectivity index (χ0v) is 12.5. The van der Waals surface area contributed by atoms with Gasteiger partial charge in [-0.2, -0.15) is 5.10 Å². The van der Waals surface area contributed by atoms with Crippen molar-refractivity contribution in [2.75, 3.05) is 0 Å². The third-order valence-electron chi connectivity index (χ3n) is 2.58. The molecule has 108 valence electrons. The van der Waals surface area contributed by atoms with Crippen molar-refractivity contribution in [2.45, 2.75) is 17.7 Å². The predicted octanol–water partition coefficient (Wildman–Crippen LogP) is 0.967. The Morgan fingerprint density at radius 1 is 1.55 bits per heavy atom. The molecule has 2 rings (SSSR count). The van der Waals surface area contributed by atoms with Gasteiger partial charge in [0.25, 0.3) is 0 Å². The molecule has 7 nitrogen and oxygen atoms in total. The molecule has 0 fully saturated rings. The Morgan fingerprint density at radius 3 is 2.75 bits per heavy atom. The SMILES string of the molecule is Cc1cc(S(=O)(=O)NCc2cnn(C)c2)sc1C(=O)O. The number of carboxylic acid groups (broad SMARTS) is 1. The fraction of sp³-hybridized carbons (Fsp3) is 0.273. The summed E-state index contributed by atoms with van der Waals surface area (Å²) >= 11 is 0.744. The molecule has 0 aliphatic carbocycles. The summed E-state index contributed by atoms with van der Waals surface area (Å²) < 4.78 is 28.1. The van der Waals surface area contributed by atoms with E-state index in [4.69, 9.17) is 5.11 Å². The quantitative estimate of drug-likeness (QED) is 0.856. The highest BCUT2D eigenvalue weighted by atomic mass is 32.2. The minimum absolute atomic E-state index is 0.00343. The van der Waals surface area contributed by atoms with Gasteiger partial charge in [0.2, 0.25) is 10.0 Å². The van der Waals surface area contributed by atoms with Gasteiger partial charge in [-0.25, -0.2) is 17.9 Å². The lowest BCUT2D eigenvalue weighted by Gasteiger charge is -2.02. The van der Waals surface area contributed by atoms with Crippen molar-refractivity contribution in [1.82, 2.24) is 14.5 Å². The van der Waals surface area contributed by atoms with Gasteiger partial charge in [-0.05, 0) is 18.6 Å². The van der Waals surface area contributed by atoms with Crippen LogP contribution in [-0.4, -0.2) is 29.3 Å². The number of aromatic carboxylic acids is 1. The molecule has 0 bridgehead atoms. The second-order valence-corrected chi connectivity index (χ2v) is 7.28. The molecule has 2 aromatic heterocycles. The van der Waals surface area contributed by atoms with Gasteiger partial charge in [-0.3, -0.25) is 4.68 Å². The Balaban J connectivity index is 2.18. The standard InChI is InChI=1S/C11H13N3O4S2/c1-7-3-9(19-10(7)11(15)16)20(17,18)13-5-8-4-12-14(2)6-8/h3-4,6,13H,5H2,1-2H3,(H,15,16). The average molecular weight is 315 g/mol. The summed E-state index contributed by atoms with van der Waals surface area (Å²) in [6.07, 6.45) is 3.26. The van der Waals surface area contributed by atoms with Gasteiger partial charge < -0.3 is 5.11 Å². The Morgan fingerprint density at radius 2 is 2.25 bits per heavy atom. The normalized spacial score (nSPS) is 11.7. The summed E-state index contributed by atoms with van der Waals surface area (Å²) in [7, 11) is -1.98. The third kappa shape index (κ3) is 3.06. The smallest absolute Gasteiger partial charge is 0.346 e. The Kier molecular flexibility index (Phi) is 3.93. The molecule has 0 radical (unpaired) electrons. The van der Waals surface area contributed by atoms with E-state index >= 15 is 0 Å². The van der Waals surface area contributed by atoms with Gasteiger partial charge in [-0.15, -0.1) is 11.3 Å². The van der Waals surface area contributed by atoms with E-state index in [9.17, 15) is 13.2 Å². The van der Waals surface area contributed by atoms with Crippen molar-refractivity contribution >= 4 is 27.3 Å². The lowest BCUT2D eigenvalue weighted by atomic mass is 10.3. The first-order valence-electron chi connectivity index (χ1n) is 5.60. The molecule has 0 amide bonds. The molecule has 0 spiro atoms. The number of thiophene rings is 1. The lowest BCUT2D eigenvalue weighted by molar-refractivity contribution is 0.0701. The van der Waals surface area contributed by atoms with Gasteiger partial charge in [0, 0.05) is 25.4 Å². The number of aromatic nitrogens is 2. The summed E-state index contributed by atoms with van der Waals surface area (Å²) in [4.78, 5) is 11.0. The van der Waals surface area contributed by atoms with Crippen LogP contribution in [0.1, 0.15) is 20.8 Å². The maximum Gasteiger partial charge on any atom is 0.346 e. The summed E-state index contributed by atoms with van der Waals surface area (Å²) in [5.41, 5.74) is 1.16. The molecule has 0 atom stereocenters. The number of hydrogen-bond acceptors (Lipinski definition) is 5. The molecular formula is C11H13N3O4S2. The van der Waals surface area contributed by atoms with Crippen LogP contribution in [-0.2, 0) is 23.6 Å². The second kappa shape index (κ2) is 5.35. The van der Waals surface area contributed by atoms with Gasteiger partial charge >= 0.3 is 5.97 Å². The van der Waals surface area contributed by atoms with Crippen LogP contribution in [0.15, 0.2) is 22.7 Å². The first-order chi connectivity index (χ1) is 9.29. The molecule has 0 saturated heterocycles. The monoisotopic (exact) mass is 315 g/mol. The van der Waals surface area contributed by atoms with Crippen LogP contribution in [0.25, 0.3) is 0 Å². The molecule has 20 heavy (non-hydrogen) atoms.